The smallest absolute Gasteiger partial charge is 0.207 e. The molecule has 0 unspecified atom stereocenters. The monoisotopic (exact) mass is 766 g/mol. The second-order valence-electron chi connectivity index (χ2n) is 8.80. The standard InChI is InChI=1S/C24BF20.BrH.Li/c26-5-1(6(27)14(35)21(42)13(5)34)25(2-7(28)15(36)22(43)16(37)8(2)29,3-9(30)17(38)23(44)18(39)10(3)31)4-11(32)19(40)24(45)20(41)12(4)33;;/h;1H;/q-1;;+1. The van der Waals surface area contributed by atoms with E-state index in [1.165, 1.54) is 0 Å². The van der Waals surface area contributed by atoms with Crippen molar-refractivity contribution >= 4 is 45.0 Å². The van der Waals surface area contributed by atoms with Crippen LogP contribution >= 0.6 is 17.0 Å². The first kappa shape index (κ1) is 39.8. The van der Waals surface area contributed by atoms with E-state index in [9.17, 15) is 52.7 Å². The van der Waals surface area contributed by atoms with Gasteiger partial charge in [-0.25, -0.2) is 87.8 Å². The first-order chi connectivity index (χ1) is 20.7. The zero-order chi connectivity index (χ0) is 34.4. The summed E-state index contributed by atoms with van der Waals surface area (Å²) in [5, 5.41) is 0. The topological polar surface area (TPSA) is 0 Å². The van der Waals surface area contributed by atoms with E-state index >= 15 is 35.1 Å². The molecule has 4 aromatic rings. The molecule has 0 heterocycles. The van der Waals surface area contributed by atoms with Crippen LogP contribution in [0.2, 0.25) is 0 Å². The van der Waals surface area contributed by atoms with Crippen LogP contribution in [0.15, 0.2) is 0 Å². The summed E-state index contributed by atoms with van der Waals surface area (Å²) < 4.78 is 294. The summed E-state index contributed by atoms with van der Waals surface area (Å²) in [6.07, 6.45) is -7.22. The maximum atomic E-state index is 15.4. The number of halogens is 21. The van der Waals surface area contributed by atoms with Crippen LogP contribution in [0.3, 0.4) is 0 Å². The van der Waals surface area contributed by atoms with Gasteiger partial charge in [-0.05, 0) is 0 Å². The summed E-state index contributed by atoms with van der Waals surface area (Å²) in [7, 11) is 0. The fourth-order valence-corrected chi connectivity index (χ4v) is 4.87. The van der Waals surface area contributed by atoms with E-state index in [1.807, 2.05) is 0 Å². The number of hydrogen-bond acceptors (Lipinski definition) is 0. The quantitative estimate of drug-likeness (QED) is 0.130. The van der Waals surface area contributed by atoms with Gasteiger partial charge in [-0.3, -0.25) is 0 Å². The van der Waals surface area contributed by atoms with Gasteiger partial charge in [-0.15, -0.1) is 38.8 Å². The second kappa shape index (κ2) is 13.3. The second-order valence-corrected chi connectivity index (χ2v) is 8.80. The number of rotatable bonds is 4. The van der Waals surface area contributed by atoms with Crippen LogP contribution in [0, 0.1) is 116 Å². The molecule has 248 valence electrons. The minimum atomic E-state index is -7.22. The molecule has 0 fully saturated rings. The van der Waals surface area contributed by atoms with Crippen molar-refractivity contribution in [3.63, 3.8) is 0 Å². The molecular weight excluding hydrogens is 766 g/mol. The molecule has 0 aliphatic heterocycles. The van der Waals surface area contributed by atoms with Crippen LogP contribution in [-0.2, 0) is 0 Å². The van der Waals surface area contributed by atoms with Crippen LogP contribution in [0.5, 0.6) is 0 Å². The first-order valence-corrected chi connectivity index (χ1v) is 10.9. The van der Waals surface area contributed by atoms with Crippen molar-refractivity contribution in [3.8, 4) is 0 Å². The van der Waals surface area contributed by atoms with Gasteiger partial charge < -0.3 is 0 Å². The summed E-state index contributed by atoms with van der Waals surface area (Å²) in [6, 6.07) is 0. The summed E-state index contributed by atoms with van der Waals surface area (Å²) in [4.78, 5) is 0. The van der Waals surface area contributed by atoms with E-state index in [4.69, 9.17) is 0 Å². The molecule has 0 bridgehead atoms. The molecule has 0 aliphatic carbocycles. The Kier molecular flexibility index (Phi) is 11.2. The Labute approximate surface area is 267 Å². The van der Waals surface area contributed by atoms with Crippen molar-refractivity contribution < 1.29 is 107 Å². The van der Waals surface area contributed by atoms with E-state index in [1.54, 1.807) is 0 Å². The summed E-state index contributed by atoms with van der Waals surface area (Å²) in [6.45, 7) is 0. The molecule has 23 heteroatoms. The molecule has 0 atom stereocenters. The van der Waals surface area contributed by atoms with Gasteiger partial charge in [0.25, 0.3) is 0 Å². The molecule has 0 nitrogen and oxygen atoms in total. The van der Waals surface area contributed by atoms with Gasteiger partial charge in [0.1, 0.15) is 52.7 Å². The van der Waals surface area contributed by atoms with Gasteiger partial charge in [-0.1, -0.05) is 0 Å². The minimum absolute atomic E-state index is 0. The minimum Gasteiger partial charge on any atom is -0.207 e. The van der Waals surface area contributed by atoms with Crippen molar-refractivity contribution in [1.82, 2.24) is 0 Å². The fraction of sp³-hybridized carbons (Fsp3) is 0. The average molecular weight is 767 g/mol. The molecule has 0 N–H and O–H groups in total. The Morgan fingerprint density at radius 2 is 0.277 bits per heavy atom. The van der Waals surface area contributed by atoms with Crippen molar-refractivity contribution in [2.45, 2.75) is 0 Å². The third-order valence-corrected chi connectivity index (χ3v) is 6.71. The molecule has 4 aromatic carbocycles. The fourth-order valence-electron chi connectivity index (χ4n) is 4.87. The molecule has 47 heavy (non-hydrogen) atoms. The van der Waals surface area contributed by atoms with Gasteiger partial charge in [0, 0.05) is 0 Å². The first-order valence-electron chi connectivity index (χ1n) is 10.9. The molecule has 0 aliphatic rings. The molecule has 0 radical (unpaired) electrons. The van der Waals surface area contributed by atoms with Gasteiger partial charge in [0.15, 0.2) is 69.8 Å². The normalized spacial score (nSPS) is 11.5. The molecule has 0 spiro atoms. The summed E-state index contributed by atoms with van der Waals surface area (Å²) in [5.74, 6) is -71.4. The average Bonchev–Trinajstić information content (AvgIpc) is 3.00. The maximum absolute atomic E-state index is 15.4. The Bertz CT molecular complexity index is 1580. The largest absolute Gasteiger partial charge is 1.00 e. The third-order valence-electron chi connectivity index (χ3n) is 6.71. The molecule has 0 amide bonds. The predicted octanol–water partition coefficient (Wildman–Crippen LogP) is 3.43. The Morgan fingerprint density at radius 3 is 0.383 bits per heavy atom. The van der Waals surface area contributed by atoms with Crippen molar-refractivity contribution in [2.24, 2.45) is 0 Å². The molecule has 0 saturated carbocycles. The third kappa shape index (κ3) is 5.17. The van der Waals surface area contributed by atoms with Crippen LogP contribution < -0.4 is 40.7 Å². The Morgan fingerprint density at radius 1 is 0.191 bits per heavy atom. The van der Waals surface area contributed by atoms with E-state index in [0.717, 1.165) is 0 Å². The van der Waals surface area contributed by atoms with E-state index in [0.29, 0.717) is 0 Å². The molecular formula is C24HBBrF20Li. The summed E-state index contributed by atoms with van der Waals surface area (Å²) in [5.41, 5.74) is -14.3. The number of benzene rings is 4. The van der Waals surface area contributed by atoms with E-state index in [-0.39, 0.29) is 35.8 Å². The van der Waals surface area contributed by atoms with Crippen LogP contribution in [-0.4, -0.2) is 6.15 Å². The molecule has 4 rings (SSSR count). The molecule has 0 aromatic heterocycles. The van der Waals surface area contributed by atoms with Crippen LogP contribution in [0.25, 0.3) is 0 Å². The van der Waals surface area contributed by atoms with Crippen LogP contribution in [0.1, 0.15) is 0 Å². The Hall–Kier alpha value is -3.38. The number of hydrogen-bond donors (Lipinski definition) is 0. The van der Waals surface area contributed by atoms with E-state index in [2.05, 4.69) is 0 Å². The van der Waals surface area contributed by atoms with Crippen molar-refractivity contribution in [2.75, 3.05) is 0 Å². The zero-order valence-corrected chi connectivity index (χ0v) is 23.3. The van der Waals surface area contributed by atoms with Crippen molar-refractivity contribution in [1.29, 1.82) is 0 Å². The van der Waals surface area contributed by atoms with E-state index < -0.39 is 144 Å². The maximum Gasteiger partial charge on any atom is 1.00 e. The predicted molar refractivity (Wildman–Crippen MR) is 120 cm³/mol. The van der Waals surface area contributed by atoms with Crippen LogP contribution in [0.4, 0.5) is 87.8 Å². The molecule has 0 saturated heterocycles. The SMILES string of the molecule is Br.Fc1c(F)c(F)c([B-](c2c(F)c(F)c(F)c(F)c2F)(c2c(F)c(F)c(F)c(F)c2F)c2c(F)c(F)c(F)c(F)c2F)c(F)c1F.[Li+]. The van der Waals surface area contributed by atoms with Gasteiger partial charge in [0.2, 0.25) is 0 Å². The van der Waals surface area contributed by atoms with Gasteiger partial charge in [0.05, 0.1) is 0 Å². The Balaban J connectivity index is 0.00000384. The van der Waals surface area contributed by atoms with Gasteiger partial charge in [-0.2, -0.15) is 0 Å². The van der Waals surface area contributed by atoms with Crippen molar-refractivity contribution in [3.05, 3.63) is 116 Å². The zero-order valence-electron chi connectivity index (χ0n) is 21.5. The summed E-state index contributed by atoms with van der Waals surface area (Å²) >= 11 is 0. The van der Waals surface area contributed by atoms with Gasteiger partial charge >= 0.3 is 18.9 Å².